The Hall–Kier alpha value is -3.54. The van der Waals surface area contributed by atoms with Gasteiger partial charge in [-0.2, -0.15) is 4.31 Å². The van der Waals surface area contributed by atoms with Crippen LogP contribution in [-0.4, -0.2) is 67.8 Å². The van der Waals surface area contributed by atoms with Crippen molar-refractivity contribution in [2.45, 2.75) is 17.9 Å². The van der Waals surface area contributed by atoms with E-state index in [4.69, 9.17) is 4.74 Å². The van der Waals surface area contributed by atoms with Crippen molar-refractivity contribution in [3.8, 4) is 5.75 Å². The van der Waals surface area contributed by atoms with Gasteiger partial charge >= 0.3 is 0 Å². The number of hydrogen-bond donors (Lipinski definition) is 1. The zero-order valence-corrected chi connectivity index (χ0v) is 20.2. The number of hydrogen-bond acceptors (Lipinski definition) is 7. The van der Waals surface area contributed by atoms with Crippen LogP contribution in [0.5, 0.6) is 5.75 Å². The Morgan fingerprint density at radius 1 is 1.03 bits per heavy atom. The zero-order chi connectivity index (χ0) is 25.2. The summed E-state index contributed by atoms with van der Waals surface area (Å²) in [6.07, 6.45) is 0. The highest BCUT2D eigenvalue weighted by Gasteiger charge is 2.32. The van der Waals surface area contributed by atoms with Crippen molar-refractivity contribution in [3.63, 3.8) is 0 Å². The van der Waals surface area contributed by atoms with Crippen LogP contribution in [0, 0.1) is 10.1 Å². The van der Waals surface area contributed by atoms with Gasteiger partial charge in [-0.1, -0.05) is 30.3 Å². The zero-order valence-electron chi connectivity index (χ0n) is 19.4. The van der Waals surface area contributed by atoms with Gasteiger partial charge in [0.25, 0.3) is 5.69 Å². The maximum Gasteiger partial charge on any atom is 0.271 e. The summed E-state index contributed by atoms with van der Waals surface area (Å²) < 4.78 is 33.0. The van der Waals surface area contributed by atoms with Crippen LogP contribution in [0.1, 0.15) is 6.92 Å². The number of anilines is 1. The molecule has 11 heteroatoms. The maximum atomic E-state index is 13.2. The molecule has 3 aromatic rings. The van der Waals surface area contributed by atoms with Crippen LogP contribution in [0.15, 0.2) is 65.6 Å². The SMILES string of the molecule is COc1ccc([N+](=O)[O-])cc1NC(=O)[C@@H](C)N1CCN(S(=O)(=O)c2ccc3ccccc3c2)CC1. The molecule has 0 saturated carbocycles. The summed E-state index contributed by atoms with van der Waals surface area (Å²) >= 11 is 0. The van der Waals surface area contributed by atoms with Crippen molar-refractivity contribution in [1.29, 1.82) is 0 Å². The Kier molecular flexibility index (Phi) is 7.01. The number of nitro benzene ring substituents is 1. The molecule has 1 fully saturated rings. The summed E-state index contributed by atoms with van der Waals surface area (Å²) in [4.78, 5) is 25.5. The minimum Gasteiger partial charge on any atom is -0.495 e. The second-order valence-electron chi connectivity index (χ2n) is 8.26. The van der Waals surface area contributed by atoms with Gasteiger partial charge in [0.15, 0.2) is 0 Å². The second kappa shape index (κ2) is 9.98. The standard InChI is InChI=1S/C24H26N4O6S/c1-17(24(29)25-22-16-20(28(30)31)8-10-23(22)34-2)26-11-13-27(14-12-26)35(32,33)21-9-7-18-5-3-4-6-19(18)15-21/h3-10,15-17H,11-14H2,1-2H3,(H,25,29)/t17-/m1/s1. The van der Waals surface area contributed by atoms with E-state index in [2.05, 4.69) is 5.32 Å². The van der Waals surface area contributed by atoms with Crippen LogP contribution in [-0.2, 0) is 14.8 Å². The van der Waals surface area contributed by atoms with Gasteiger partial charge in [-0.15, -0.1) is 0 Å². The quantitative estimate of drug-likeness (QED) is 0.392. The average molecular weight is 499 g/mol. The van der Waals surface area contributed by atoms with E-state index in [1.54, 1.807) is 25.1 Å². The highest BCUT2D eigenvalue weighted by Crippen LogP contribution is 2.29. The Morgan fingerprint density at radius 2 is 1.71 bits per heavy atom. The average Bonchev–Trinajstić information content (AvgIpc) is 2.87. The molecule has 184 valence electrons. The van der Waals surface area contributed by atoms with E-state index >= 15 is 0 Å². The van der Waals surface area contributed by atoms with E-state index in [1.807, 2.05) is 29.2 Å². The Bertz CT molecular complexity index is 1370. The monoisotopic (exact) mass is 498 g/mol. The van der Waals surface area contributed by atoms with Crippen LogP contribution in [0.2, 0.25) is 0 Å². The van der Waals surface area contributed by atoms with E-state index in [-0.39, 0.29) is 35.3 Å². The molecule has 1 saturated heterocycles. The molecule has 0 aromatic heterocycles. The highest BCUT2D eigenvalue weighted by molar-refractivity contribution is 7.89. The number of amides is 1. The molecular formula is C24H26N4O6S. The molecule has 10 nitrogen and oxygen atoms in total. The summed E-state index contributed by atoms with van der Waals surface area (Å²) in [5, 5.41) is 15.6. The van der Waals surface area contributed by atoms with Crippen LogP contribution >= 0.6 is 0 Å². The molecule has 0 unspecified atom stereocenters. The third-order valence-corrected chi connectivity index (χ3v) is 8.11. The number of non-ortho nitro benzene ring substituents is 1. The third kappa shape index (κ3) is 5.11. The third-order valence-electron chi connectivity index (χ3n) is 6.21. The molecule has 1 aliphatic rings. The minimum absolute atomic E-state index is 0.165. The molecule has 35 heavy (non-hydrogen) atoms. The van der Waals surface area contributed by atoms with E-state index in [9.17, 15) is 23.3 Å². The van der Waals surface area contributed by atoms with Crippen molar-refractivity contribution in [2.24, 2.45) is 0 Å². The predicted octanol–water partition coefficient (Wildman–Crippen LogP) is 3.09. The van der Waals surface area contributed by atoms with E-state index in [0.29, 0.717) is 18.8 Å². The van der Waals surface area contributed by atoms with Crippen molar-refractivity contribution in [3.05, 3.63) is 70.8 Å². The molecule has 1 N–H and O–H groups in total. The number of sulfonamides is 1. The molecule has 3 aromatic carbocycles. The lowest BCUT2D eigenvalue weighted by Crippen LogP contribution is -2.53. The Morgan fingerprint density at radius 3 is 2.37 bits per heavy atom. The molecule has 1 amide bonds. The first kappa shape index (κ1) is 24.6. The highest BCUT2D eigenvalue weighted by atomic mass is 32.2. The van der Waals surface area contributed by atoms with Gasteiger partial charge in [0.1, 0.15) is 5.75 Å². The van der Waals surface area contributed by atoms with Gasteiger partial charge in [0.2, 0.25) is 15.9 Å². The first-order chi connectivity index (χ1) is 16.7. The number of benzene rings is 3. The number of piperazine rings is 1. The number of methoxy groups -OCH3 is 1. The normalized spacial score (nSPS) is 16.1. The van der Waals surface area contributed by atoms with Gasteiger partial charge in [-0.05, 0) is 35.9 Å². The van der Waals surface area contributed by atoms with Crippen LogP contribution in [0.4, 0.5) is 11.4 Å². The summed E-state index contributed by atoms with van der Waals surface area (Å²) in [6.45, 7) is 2.94. The first-order valence-electron chi connectivity index (χ1n) is 11.1. The molecular weight excluding hydrogens is 472 g/mol. The lowest BCUT2D eigenvalue weighted by atomic mass is 10.1. The van der Waals surface area contributed by atoms with Crippen molar-refractivity contribution >= 4 is 38.1 Å². The number of nitro groups is 1. The fourth-order valence-corrected chi connectivity index (χ4v) is 5.58. The number of ether oxygens (including phenoxy) is 1. The largest absolute Gasteiger partial charge is 0.495 e. The molecule has 0 radical (unpaired) electrons. The molecule has 0 spiro atoms. The number of nitrogens with zero attached hydrogens (tertiary/aromatic N) is 3. The van der Waals surface area contributed by atoms with Crippen molar-refractivity contribution in [2.75, 3.05) is 38.6 Å². The predicted molar refractivity (Wildman–Crippen MR) is 132 cm³/mol. The number of carbonyl (C=O) groups is 1. The smallest absolute Gasteiger partial charge is 0.271 e. The number of fused-ring (bicyclic) bond motifs is 1. The minimum atomic E-state index is -3.67. The fourth-order valence-electron chi connectivity index (χ4n) is 4.12. The van der Waals surface area contributed by atoms with E-state index < -0.39 is 21.0 Å². The van der Waals surface area contributed by atoms with Crippen molar-refractivity contribution in [1.82, 2.24) is 9.21 Å². The number of rotatable bonds is 7. The van der Waals surface area contributed by atoms with Gasteiger partial charge in [-0.3, -0.25) is 19.8 Å². The summed E-state index contributed by atoms with van der Waals surface area (Å²) in [7, 11) is -2.26. The molecule has 4 rings (SSSR count). The van der Waals surface area contributed by atoms with Crippen LogP contribution < -0.4 is 10.1 Å². The summed E-state index contributed by atoms with van der Waals surface area (Å²) in [5.74, 6) is -0.0583. The van der Waals surface area contributed by atoms with Crippen molar-refractivity contribution < 1.29 is 22.9 Å². The molecule has 0 aliphatic carbocycles. The summed E-state index contributed by atoms with van der Waals surface area (Å²) in [6, 6.07) is 16.1. The maximum absolute atomic E-state index is 13.2. The second-order valence-corrected chi connectivity index (χ2v) is 10.2. The lowest BCUT2D eigenvalue weighted by molar-refractivity contribution is -0.384. The van der Waals surface area contributed by atoms with Crippen LogP contribution in [0.25, 0.3) is 10.8 Å². The summed E-state index contributed by atoms with van der Waals surface area (Å²) in [5.41, 5.74) is 0.0392. The van der Waals surface area contributed by atoms with Crippen LogP contribution in [0.3, 0.4) is 0 Å². The van der Waals surface area contributed by atoms with E-state index in [1.165, 1.54) is 29.6 Å². The number of nitrogens with one attached hydrogen (secondary N) is 1. The van der Waals surface area contributed by atoms with Gasteiger partial charge < -0.3 is 10.1 Å². The molecule has 1 atom stereocenters. The first-order valence-corrected chi connectivity index (χ1v) is 12.5. The Balaban J connectivity index is 1.42. The molecule has 1 aliphatic heterocycles. The fraction of sp³-hybridized carbons (Fsp3) is 0.292. The van der Waals surface area contributed by atoms with E-state index in [0.717, 1.165) is 10.8 Å². The molecule has 0 bridgehead atoms. The van der Waals surface area contributed by atoms with Gasteiger partial charge in [0.05, 0.1) is 28.7 Å². The Labute approximate surface area is 203 Å². The topological polar surface area (TPSA) is 122 Å². The molecule has 1 heterocycles. The number of carbonyl (C=O) groups excluding carboxylic acids is 1. The van der Waals surface area contributed by atoms with Gasteiger partial charge in [0, 0.05) is 38.3 Å². The van der Waals surface area contributed by atoms with Gasteiger partial charge in [-0.25, -0.2) is 8.42 Å². The lowest BCUT2D eigenvalue weighted by Gasteiger charge is -2.36.